The summed E-state index contributed by atoms with van der Waals surface area (Å²) in [5, 5.41) is 5.02. The molecular weight excluding hydrogens is 314 g/mol. The third-order valence-corrected chi connectivity index (χ3v) is 4.37. The van der Waals surface area contributed by atoms with Gasteiger partial charge in [0.15, 0.2) is 0 Å². The molecule has 0 atom stereocenters. The summed E-state index contributed by atoms with van der Waals surface area (Å²) in [6.07, 6.45) is 0.617. The van der Waals surface area contributed by atoms with Gasteiger partial charge in [0, 0.05) is 6.54 Å². The number of nitrogens with one attached hydrogen (secondary N) is 2. The van der Waals surface area contributed by atoms with Crippen LogP contribution in [-0.4, -0.2) is 23.4 Å². The molecular formula is C9H14ClN3O4S2. The molecule has 0 radical (unpaired) electrons. The number of primary sulfonamides is 1. The van der Waals surface area contributed by atoms with E-state index in [1.54, 1.807) is 6.92 Å². The molecule has 0 fully saturated rings. The predicted molar refractivity (Wildman–Crippen MR) is 73.7 cm³/mol. The highest BCUT2D eigenvalue weighted by Gasteiger charge is 2.15. The molecule has 0 saturated carbocycles. The van der Waals surface area contributed by atoms with E-state index in [1.165, 1.54) is 12.1 Å². The number of halogens is 1. The van der Waals surface area contributed by atoms with Crippen molar-refractivity contribution in [1.29, 1.82) is 0 Å². The van der Waals surface area contributed by atoms with E-state index in [2.05, 4.69) is 9.44 Å². The van der Waals surface area contributed by atoms with Crippen molar-refractivity contribution in [2.45, 2.75) is 18.2 Å². The van der Waals surface area contributed by atoms with Gasteiger partial charge in [-0.2, -0.15) is 13.1 Å². The van der Waals surface area contributed by atoms with Crippen molar-refractivity contribution in [3.8, 4) is 0 Å². The summed E-state index contributed by atoms with van der Waals surface area (Å²) in [6.45, 7) is 2.05. The number of anilines is 1. The molecule has 108 valence electrons. The van der Waals surface area contributed by atoms with Gasteiger partial charge in [-0.25, -0.2) is 13.6 Å². The minimum atomic E-state index is -3.93. The Hall–Kier alpha value is -0.870. The summed E-state index contributed by atoms with van der Waals surface area (Å²) in [5.74, 6) is 0. The van der Waals surface area contributed by atoms with Crippen molar-refractivity contribution >= 4 is 37.5 Å². The molecule has 0 unspecified atom stereocenters. The fourth-order valence-electron chi connectivity index (χ4n) is 1.18. The summed E-state index contributed by atoms with van der Waals surface area (Å²) in [6, 6.07) is 3.50. The first-order valence-corrected chi connectivity index (χ1v) is 8.66. The lowest BCUT2D eigenvalue weighted by atomic mass is 10.3. The van der Waals surface area contributed by atoms with E-state index >= 15 is 0 Å². The monoisotopic (exact) mass is 327 g/mol. The second-order valence-corrected chi connectivity index (χ2v) is 7.15. The fourth-order valence-corrected chi connectivity index (χ4v) is 2.94. The van der Waals surface area contributed by atoms with Crippen LogP contribution in [0, 0.1) is 0 Å². The van der Waals surface area contributed by atoms with Crippen LogP contribution in [0.5, 0.6) is 0 Å². The molecule has 19 heavy (non-hydrogen) atoms. The van der Waals surface area contributed by atoms with E-state index in [-0.39, 0.29) is 22.2 Å². The quantitative estimate of drug-likeness (QED) is 0.710. The first kappa shape index (κ1) is 16.2. The Bertz CT molecular complexity index is 658. The van der Waals surface area contributed by atoms with Gasteiger partial charge < -0.3 is 0 Å². The van der Waals surface area contributed by atoms with Gasteiger partial charge in [0.2, 0.25) is 10.0 Å². The van der Waals surface area contributed by atoms with Crippen molar-refractivity contribution in [1.82, 2.24) is 4.72 Å². The molecule has 0 aliphatic heterocycles. The van der Waals surface area contributed by atoms with E-state index in [0.29, 0.717) is 6.42 Å². The largest absolute Gasteiger partial charge is 0.299 e. The lowest BCUT2D eigenvalue weighted by molar-refractivity contribution is 0.585. The Labute approximate surface area is 117 Å². The van der Waals surface area contributed by atoms with Gasteiger partial charge >= 0.3 is 0 Å². The van der Waals surface area contributed by atoms with Crippen LogP contribution in [0.3, 0.4) is 0 Å². The molecule has 1 rings (SSSR count). The Kier molecular flexibility index (Phi) is 5.16. The third kappa shape index (κ3) is 4.96. The van der Waals surface area contributed by atoms with Gasteiger partial charge in [0.25, 0.3) is 10.2 Å². The topological polar surface area (TPSA) is 118 Å². The highest BCUT2D eigenvalue weighted by molar-refractivity contribution is 7.90. The molecule has 0 amide bonds. The second kappa shape index (κ2) is 6.06. The molecule has 1 aromatic rings. The van der Waals surface area contributed by atoms with Crippen LogP contribution in [0.2, 0.25) is 5.02 Å². The lowest BCUT2D eigenvalue weighted by Gasteiger charge is -2.11. The first-order chi connectivity index (χ1) is 8.65. The van der Waals surface area contributed by atoms with Crippen LogP contribution >= 0.6 is 11.6 Å². The molecule has 0 heterocycles. The first-order valence-electron chi connectivity index (χ1n) is 5.25. The Morgan fingerprint density at radius 3 is 2.42 bits per heavy atom. The number of rotatable bonds is 6. The highest BCUT2D eigenvalue weighted by atomic mass is 35.5. The summed E-state index contributed by atoms with van der Waals surface area (Å²) >= 11 is 5.80. The Balaban J connectivity index is 3.08. The minimum absolute atomic E-state index is 0.0585. The molecule has 0 bridgehead atoms. The number of hydrogen-bond donors (Lipinski definition) is 3. The van der Waals surface area contributed by atoms with Crippen LogP contribution in [0.4, 0.5) is 5.69 Å². The van der Waals surface area contributed by atoms with Crippen molar-refractivity contribution < 1.29 is 16.8 Å². The molecule has 0 spiro atoms. The average molecular weight is 328 g/mol. The Morgan fingerprint density at radius 1 is 1.26 bits per heavy atom. The highest BCUT2D eigenvalue weighted by Crippen LogP contribution is 2.25. The summed E-state index contributed by atoms with van der Waals surface area (Å²) < 4.78 is 50.0. The molecule has 0 aliphatic carbocycles. The zero-order valence-electron chi connectivity index (χ0n) is 10.1. The SMILES string of the molecule is CCCNS(=O)(=O)Nc1cc(S(N)(=O)=O)ccc1Cl. The number of benzene rings is 1. The molecule has 0 aromatic heterocycles. The standard InChI is InChI=1S/C9H14ClN3O4S2/c1-2-5-12-19(16,17)13-9-6-7(18(11,14)15)3-4-8(9)10/h3-4,6,12-13H,2,5H2,1H3,(H2,11,14,15). The van der Waals surface area contributed by atoms with Gasteiger partial charge in [0.05, 0.1) is 15.6 Å². The lowest BCUT2D eigenvalue weighted by Crippen LogP contribution is -2.30. The molecule has 10 heteroatoms. The van der Waals surface area contributed by atoms with Gasteiger partial charge in [-0.05, 0) is 24.6 Å². The average Bonchev–Trinajstić information content (AvgIpc) is 2.28. The van der Waals surface area contributed by atoms with Crippen LogP contribution in [0.25, 0.3) is 0 Å². The van der Waals surface area contributed by atoms with Gasteiger partial charge in [0.1, 0.15) is 0 Å². The minimum Gasteiger partial charge on any atom is -0.270 e. The smallest absolute Gasteiger partial charge is 0.270 e. The van der Waals surface area contributed by atoms with Crippen molar-refractivity contribution in [2.24, 2.45) is 5.14 Å². The molecule has 1 aromatic carbocycles. The molecule has 4 N–H and O–H groups in total. The van der Waals surface area contributed by atoms with Crippen LogP contribution in [0.1, 0.15) is 13.3 Å². The third-order valence-electron chi connectivity index (χ3n) is 2.05. The van der Waals surface area contributed by atoms with Crippen LogP contribution < -0.4 is 14.6 Å². The Morgan fingerprint density at radius 2 is 1.89 bits per heavy atom. The van der Waals surface area contributed by atoms with Gasteiger partial charge in [-0.15, -0.1) is 0 Å². The fraction of sp³-hybridized carbons (Fsp3) is 0.333. The van der Waals surface area contributed by atoms with E-state index in [1.807, 2.05) is 0 Å². The maximum atomic E-state index is 11.6. The summed E-state index contributed by atoms with van der Waals surface area (Å²) in [5.41, 5.74) is -0.0585. The van der Waals surface area contributed by atoms with Crippen molar-refractivity contribution in [2.75, 3.05) is 11.3 Å². The molecule has 0 aliphatic rings. The maximum absolute atomic E-state index is 11.6. The zero-order chi connectivity index (χ0) is 14.7. The molecule has 0 saturated heterocycles. The van der Waals surface area contributed by atoms with Gasteiger partial charge in [-0.1, -0.05) is 18.5 Å². The van der Waals surface area contributed by atoms with Crippen molar-refractivity contribution in [3.05, 3.63) is 23.2 Å². The van der Waals surface area contributed by atoms with Crippen LogP contribution in [-0.2, 0) is 20.2 Å². The number of nitrogens with two attached hydrogens (primary N) is 1. The predicted octanol–water partition coefficient (Wildman–Crippen LogP) is 0.644. The van der Waals surface area contributed by atoms with Crippen LogP contribution in [0.15, 0.2) is 23.1 Å². The normalized spacial score (nSPS) is 12.4. The van der Waals surface area contributed by atoms with E-state index in [4.69, 9.17) is 16.7 Å². The number of sulfonamides is 1. The summed E-state index contributed by atoms with van der Waals surface area (Å²) in [4.78, 5) is -0.231. The van der Waals surface area contributed by atoms with Crippen molar-refractivity contribution in [3.63, 3.8) is 0 Å². The van der Waals surface area contributed by atoms with E-state index in [0.717, 1.165) is 6.07 Å². The molecule has 7 nitrogen and oxygen atoms in total. The van der Waals surface area contributed by atoms with E-state index in [9.17, 15) is 16.8 Å². The summed E-state index contributed by atoms with van der Waals surface area (Å²) in [7, 11) is -7.73. The van der Waals surface area contributed by atoms with E-state index < -0.39 is 20.2 Å². The maximum Gasteiger partial charge on any atom is 0.299 e. The zero-order valence-corrected chi connectivity index (χ0v) is 12.4. The van der Waals surface area contributed by atoms with Gasteiger partial charge in [-0.3, -0.25) is 4.72 Å². The number of hydrogen-bond acceptors (Lipinski definition) is 4. The second-order valence-electron chi connectivity index (χ2n) is 3.69.